The molecule has 0 aliphatic carbocycles. The third kappa shape index (κ3) is 3.84. The standard InChI is InChI=1S/C22H26N2O3S/c1-16-4-6-18(7-5-16)24-14-17(13-20(24)25)21(26)23-15-22(8-10-27-11-9-22)19-3-2-12-28-19/h2-7,12,17H,8-11,13-15H2,1H3,(H,23,26). The molecule has 0 saturated carbocycles. The molecular weight excluding hydrogens is 372 g/mol. The quantitative estimate of drug-likeness (QED) is 0.841. The lowest BCUT2D eigenvalue weighted by Crippen LogP contribution is -2.46. The van der Waals surface area contributed by atoms with Gasteiger partial charge in [-0.3, -0.25) is 9.59 Å². The summed E-state index contributed by atoms with van der Waals surface area (Å²) < 4.78 is 5.56. The van der Waals surface area contributed by atoms with Crippen molar-refractivity contribution in [3.05, 3.63) is 52.2 Å². The van der Waals surface area contributed by atoms with Crippen molar-refractivity contribution >= 4 is 28.8 Å². The minimum Gasteiger partial charge on any atom is -0.381 e. The van der Waals surface area contributed by atoms with E-state index in [4.69, 9.17) is 4.74 Å². The topological polar surface area (TPSA) is 58.6 Å². The van der Waals surface area contributed by atoms with Gasteiger partial charge in [-0.1, -0.05) is 23.8 Å². The molecule has 148 valence electrons. The summed E-state index contributed by atoms with van der Waals surface area (Å²) in [5.74, 6) is -0.303. The lowest BCUT2D eigenvalue weighted by atomic mass is 9.78. The highest BCUT2D eigenvalue weighted by Crippen LogP contribution is 2.37. The lowest BCUT2D eigenvalue weighted by Gasteiger charge is -2.36. The predicted octanol–water partition coefficient (Wildman–Crippen LogP) is 3.27. The minimum absolute atomic E-state index is 0.0167. The molecule has 3 heterocycles. The Balaban J connectivity index is 1.41. The van der Waals surface area contributed by atoms with Gasteiger partial charge < -0.3 is 15.0 Å². The number of benzene rings is 1. The summed E-state index contributed by atoms with van der Waals surface area (Å²) in [6.07, 6.45) is 2.09. The van der Waals surface area contributed by atoms with Crippen molar-refractivity contribution in [1.29, 1.82) is 0 Å². The van der Waals surface area contributed by atoms with Gasteiger partial charge in [0, 0.05) is 48.7 Å². The van der Waals surface area contributed by atoms with Gasteiger partial charge in [-0.25, -0.2) is 0 Å². The summed E-state index contributed by atoms with van der Waals surface area (Å²) in [5.41, 5.74) is 1.96. The summed E-state index contributed by atoms with van der Waals surface area (Å²) in [4.78, 5) is 28.4. The molecule has 1 aromatic heterocycles. The van der Waals surface area contributed by atoms with Gasteiger partial charge in [0.15, 0.2) is 0 Å². The summed E-state index contributed by atoms with van der Waals surface area (Å²) in [5, 5.41) is 5.25. The van der Waals surface area contributed by atoms with Crippen LogP contribution in [0.5, 0.6) is 0 Å². The zero-order chi connectivity index (χ0) is 19.6. The number of thiophene rings is 1. The van der Waals surface area contributed by atoms with Crippen LogP contribution in [-0.2, 0) is 19.7 Å². The van der Waals surface area contributed by atoms with E-state index in [2.05, 4.69) is 22.8 Å². The van der Waals surface area contributed by atoms with E-state index in [9.17, 15) is 9.59 Å². The Labute approximate surface area is 169 Å². The first-order valence-electron chi connectivity index (χ1n) is 9.84. The number of rotatable bonds is 5. The van der Waals surface area contributed by atoms with Crippen molar-refractivity contribution in [2.75, 3.05) is 31.2 Å². The molecule has 1 aromatic carbocycles. The fraction of sp³-hybridized carbons (Fsp3) is 0.455. The zero-order valence-electron chi connectivity index (χ0n) is 16.1. The van der Waals surface area contributed by atoms with E-state index in [1.54, 1.807) is 16.2 Å². The Morgan fingerprint density at radius 1 is 1.25 bits per heavy atom. The van der Waals surface area contributed by atoms with E-state index in [1.165, 1.54) is 4.88 Å². The van der Waals surface area contributed by atoms with Crippen molar-refractivity contribution in [2.45, 2.75) is 31.6 Å². The van der Waals surface area contributed by atoms with E-state index >= 15 is 0 Å². The van der Waals surface area contributed by atoms with Crippen molar-refractivity contribution in [1.82, 2.24) is 5.32 Å². The van der Waals surface area contributed by atoms with Crippen LogP contribution in [0.25, 0.3) is 0 Å². The first-order valence-corrected chi connectivity index (χ1v) is 10.7. The second kappa shape index (κ2) is 8.05. The minimum atomic E-state index is -0.297. The van der Waals surface area contributed by atoms with Crippen LogP contribution in [0.3, 0.4) is 0 Å². The summed E-state index contributed by atoms with van der Waals surface area (Å²) >= 11 is 1.74. The molecule has 2 fully saturated rings. The van der Waals surface area contributed by atoms with Gasteiger partial charge in [-0.05, 0) is 43.3 Å². The molecule has 2 aliphatic rings. The Kier molecular flexibility index (Phi) is 5.51. The maximum absolute atomic E-state index is 12.9. The van der Waals surface area contributed by atoms with Crippen LogP contribution in [0.1, 0.15) is 29.7 Å². The number of hydrogen-bond donors (Lipinski definition) is 1. The van der Waals surface area contributed by atoms with Crippen molar-refractivity contribution in [3.8, 4) is 0 Å². The van der Waals surface area contributed by atoms with Crippen molar-refractivity contribution < 1.29 is 14.3 Å². The van der Waals surface area contributed by atoms with Gasteiger partial charge in [0.05, 0.1) is 5.92 Å². The highest BCUT2D eigenvalue weighted by Gasteiger charge is 2.39. The van der Waals surface area contributed by atoms with E-state index in [0.717, 1.165) is 37.3 Å². The van der Waals surface area contributed by atoms with Crippen LogP contribution in [-0.4, -0.2) is 38.1 Å². The molecule has 0 spiro atoms. The molecule has 2 amide bonds. The number of carbonyl (C=O) groups is 2. The SMILES string of the molecule is Cc1ccc(N2CC(C(=O)NCC3(c4cccs4)CCOCC3)CC2=O)cc1. The number of ether oxygens (including phenoxy) is 1. The van der Waals surface area contributed by atoms with Gasteiger partial charge in [-0.15, -0.1) is 11.3 Å². The predicted molar refractivity (Wildman–Crippen MR) is 111 cm³/mol. The van der Waals surface area contributed by atoms with E-state index in [1.807, 2.05) is 31.2 Å². The first kappa shape index (κ1) is 19.2. The number of anilines is 1. The van der Waals surface area contributed by atoms with Crippen LogP contribution in [0.15, 0.2) is 41.8 Å². The average molecular weight is 399 g/mol. The fourth-order valence-corrected chi connectivity index (χ4v) is 5.10. The number of aryl methyl sites for hydroxylation is 1. The number of amides is 2. The van der Waals surface area contributed by atoms with Crippen LogP contribution >= 0.6 is 11.3 Å². The Bertz CT molecular complexity index is 826. The molecule has 1 atom stereocenters. The van der Waals surface area contributed by atoms with Crippen molar-refractivity contribution in [2.24, 2.45) is 5.92 Å². The second-order valence-electron chi connectivity index (χ2n) is 7.83. The normalized spacial score (nSPS) is 21.7. The maximum atomic E-state index is 12.9. The Morgan fingerprint density at radius 2 is 2.00 bits per heavy atom. The van der Waals surface area contributed by atoms with Crippen LogP contribution in [0.2, 0.25) is 0 Å². The number of nitrogens with zero attached hydrogens (tertiary/aromatic N) is 1. The van der Waals surface area contributed by atoms with E-state index < -0.39 is 0 Å². The summed E-state index contributed by atoms with van der Waals surface area (Å²) in [6, 6.07) is 12.1. The molecule has 0 radical (unpaired) electrons. The fourth-order valence-electron chi connectivity index (χ4n) is 4.11. The van der Waals surface area contributed by atoms with Gasteiger partial charge in [-0.2, -0.15) is 0 Å². The number of hydrogen-bond acceptors (Lipinski definition) is 4. The van der Waals surface area contributed by atoms with Crippen LogP contribution in [0, 0.1) is 12.8 Å². The maximum Gasteiger partial charge on any atom is 0.227 e. The first-order chi connectivity index (χ1) is 13.6. The largest absolute Gasteiger partial charge is 0.381 e. The van der Waals surface area contributed by atoms with Crippen molar-refractivity contribution in [3.63, 3.8) is 0 Å². The molecule has 6 heteroatoms. The molecule has 4 rings (SSSR count). The molecule has 28 heavy (non-hydrogen) atoms. The summed E-state index contributed by atoms with van der Waals surface area (Å²) in [7, 11) is 0. The second-order valence-corrected chi connectivity index (χ2v) is 8.78. The molecule has 0 bridgehead atoms. The molecule has 2 aromatic rings. The Hall–Kier alpha value is -2.18. The number of carbonyl (C=O) groups excluding carboxylic acids is 2. The van der Waals surface area contributed by atoms with E-state index in [-0.39, 0.29) is 29.6 Å². The van der Waals surface area contributed by atoms with E-state index in [0.29, 0.717) is 13.1 Å². The highest BCUT2D eigenvalue weighted by atomic mass is 32.1. The summed E-state index contributed by atoms with van der Waals surface area (Å²) in [6.45, 7) is 4.51. The third-order valence-electron chi connectivity index (χ3n) is 5.94. The van der Waals surface area contributed by atoms with Gasteiger partial charge in [0.1, 0.15) is 0 Å². The lowest BCUT2D eigenvalue weighted by molar-refractivity contribution is -0.126. The third-order valence-corrected chi connectivity index (χ3v) is 7.05. The number of nitrogens with one attached hydrogen (secondary N) is 1. The average Bonchev–Trinajstić information content (AvgIpc) is 3.38. The monoisotopic (exact) mass is 398 g/mol. The van der Waals surface area contributed by atoms with Gasteiger partial charge in [0.25, 0.3) is 0 Å². The Morgan fingerprint density at radius 3 is 2.68 bits per heavy atom. The molecule has 2 saturated heterocycles. The smallest absolute Gasteiger partial charge is 0.227 e. The highest BCUT2D eigenvalue weighted by molar-refractivity contribution is 7.10. The molecule has 1 N–H and O–H groups in total. The molecular formula is C22H26N2O3S. The van der Waals surface area contributed by atoms with Gasteiger partial charge in [0.2, 0.25) is 11.8 Å². The van der Waals surface area contributed by atoms with Crippen LogP contribution in [0.4, 0.5) is 5.69 Å². The van der Waals surface area contributed by atoms with Crippen LogP contribution < -0.4 is 10.2 Å². The molecule has 5 nitrogen and oxygen atoms in total. The molecule has 1 unspecified atom stereocenters. The molecule has 2 aliphatic heterocycles. The zero-order valence-corrected chi connectivity index (χ0v) is 17.0. The van der Waals surface area contributed by atoms with Gasteiger partial charge >= 0.3 is 0 Å².